The Kier molecular flexibility index (Phi) is 7.36. The van der Waals surface area contributed by atoms with E-state index in [0.717, 1.165) is 66.6 Å². The molecule has 0 bridgehead atoms. The lowest BCUT2D eigenvalue weighted by Gasteiger charge is -2.30. The highest BCUT2D eigenvalue weighted by Crippen LogP contribution is 2.53. The summed E-state index contributed by atoms with van der Waals surface area (Å²) in [5.41, 5.74) is 14.4. The molecule has 0 amide bonds. The average molecular weight is 689 g/mol. The molecule has 54 heavy (non-hydrogen) atoms. The molecule has 1 aliphatic heterocycles. The second-order valence-corrected chi connectivity index (χ2v) is 13.8. The van der Waals surface area contributed by atoms with Gasteiger partial charge in [-0.05, 0) is 64.2 Å². The minimum Gasteiger partial charge on any atom is -0.333 e. The van der Waals surface area contributed by atoms with Crippen LogP contribution in [0.25, 0.3) is 60.9 Å². The highest BCUT2D eigenvalue weighted by atomic mass is 15.2. The fourth-order valence-corrected chi connectivity index (χ4v) is 8.78. The van der Waals surface area contributed by atoms with Gasteiger partial charge in [0.1, 0.15) is 6.07 Å². The van der Waals surface area contributed by atoms with Gasteiger partial charge < -0.3 is 9.47 Å². The van der Waals surface area contributed by atoms with Crippen molar-refractivity contribution in [3.63, 3.8) is 0 Å². The van der Waals surface area contributed by atoms with E-state index in [0.29, 0.717) is 11.1 Å². The Balaban J connectivity index is 1.22. The lowest BCUT2D eigenvalue weighted by Crippen LogP contribution is -2.28. The van der Waals surface area contributed by atoms with Gasteiger partial charge in [0.15, 0.2) is 0 Å². The molecule has 8 aromatic rings. The number of aromatic nitrogens is 1. The number of nitriles is 2. The van der Waals surface area contributed by atoms with Gasteiger partial charge in [-0.2, -0.15) is 10.5 Å². The number of nitrogens with zero attached hydrogens (tertiary/aromatic N) is 4. The lowest BCUT2D eigenvalue weighted by atomic mass is 9.86. The zero-order chi connectivity index (χ0) is 36.2. The molecule has 0 saturated carbocycles. The van der Waals surface area contributed by atoms with Gasteiger partial charge in [-0.15, -0.1) is 0 Å². The van der Waals surface area contributed by atoms with Crippen LogP contribution in [0.3, 0.4) is 0 Å². The predicted octanol–water partition coefficient (Wildman–Crippen LogP) is 12.3. The van der Waals surface area contributed by atoms with Crippen molar-refractivity contribution >= 4 is 33.2 Å². The van der Waals surface area contributed by atoms with E-state index in [9.17, 15) is 10.5 Å². The van der Waals surface area contributed by atoms with Crippen LogP contribution in [0.2, 0.25) is 0 Å². The maximum absolute atomic E-state index is 10.2. The van der Waals surface area contributed by atoms with Gasteiger partial charge in [-0.25, -0.2) is 0 Å². The van der Waals surface area contributed by atoms with E-state index >= 15 is 0 Å². The monoisotopic (exact) mass is 688 g/mol. The number of anilines is 2. The first kappa shape index (κ1) is 31.3. The van der Waals surface area contributed by atoms with Gasteiger partial charge in [0, 0.05) is 33.5 Å². The average Bonchev–Trinajstić information content (AvgIpc) is 3.77. The van der Waals surface area contributed by atoms with E-state index in [2.05, 4.69) is 161 Å². The lowest BCUT2D eigenvalue weighted by molar-refractivity contribution is 0.745. The molecular formula is C50H32N4. The molecule has 7 aromatic carbocycles. The summed E-state index contributed by atoms with van der Waals surface area (Å²) in [6.45, 7) is 0. The van der Waals surface area contributed by atoms with Crippen LogP contribution >= 0.6 is 0 Å². The zero-order valence-electron chi connectivity index (χ0n) is 29.3. The van der Waals surface area contributed by atoms with Crippen LogP contribution in [-0.4, -0.2) is 10.6 Å². The summed E-state index contributed by atoms with van der Waals surface area (Å²) in [6, 6.07) is 59.8. The third kappa shape index (κ3) is 4.75. The maximum atomic E-state index is 10.2. The number of rotatable bonds is 5. The van der Waals surface area contributed by atoms with E-state index in [4.69, 9.17) is 0 Å². The molecule has 2 heterocycles. The summed E-state index contributed by atoms with van der Waals surface area (Å²) in [5, 5.41) is 22.4. The van der Waals surface area contributed by atoms with Crippen LogP contribution in [0.5, 0.6) is 0 Å². The van der Waals surface area contributed by atoms with Gasteiger partial charge in [-0.1, -0.05) is 146 Å². The van der Waals surface area contributed by atoms with E-state index in [1.165, 1.54) is 11.3 Å². The largest absolute Gasteiger partial charge is 0.333 e. The molecule has 10 rings (SSSR count). The normalized spacial score (nSPS) is 15.6. The summed E-state index contributed by atoms with van der Waals surface area (Å²) >= 11 is 0. The highest BCUT2D eigenvalue weighted by molar-refractivity contribution is 6.15. The van der Waals surface area contributed by atoms with E-state index < -0.39 is 0 Å². The van der Waals surface area contributed by atoms with E-state index in [1.54, 1.807) is 0 Å². The smallest absolute Gasteiger partial charge is 0.101 e. The minimum absolute atomic E-state index is 0.0929. The Labute approximate surface area is 314 Å². The Hall–Kier alpha value is -7.40. The molecule has 4 nitrogen and oxygen atoms in total. The van der Waals surface area contributed by atoms with Crippen molar-refractivity contribution in [2.45, 2.75) is 12.0 Å². The molecule has 2 atom stereocenters. The number of allylic oxidation sites excluding steroid dienone is 2. The van der Waals surface area contributed by atoms with Crippen LogP contribution < -0.4 is 4.90 Å². The Bertz CT molecular complexity index is 2950. The summed E-state index contributed by atoms with van der Waals surface area (Å²) in [4.78, 5) is 2.42. The fraction of sp³-hybridized carbons (Fsp3) is 0.0400. The van der Waals surface area contributed by atoms with E-state index in [-0.39, 0.29) is 12.0 Å². The molecule has 2 unspecified atom stereocenters. The van der Waals surface area contributed by atoms with Crippen LogP contribution in [-0.2, 0) is 0 Å². The molecule has 2 aliphatic rings. The third-order valence-corrected chi connectivity index (χ3v) is 11.0. The van der Waals surface area contributed by atoms with Crippen LogP contribution in [0, 0.1) is 22.7 Å². The Morgan fingerprint density at radius 3 is 1.91 bits per heavy atom. The van der Waals surface area contributed by atoms with Crippen molar-refractivity contribution in [2.24, 2.45) is 0 Å². The molecule has 252 valence electrons. The van der Waals surface area contributed by atoms with Crippen molar-refractivity contribution in [3.8, 4) is 51.2 Å². The molecule has 0 fully saturated rings. The van der Waals surface area contributed by atoms with Gasteiger partial charge in [-0.3, -0.25) is 0 Å². The summed E-state index contributed by atoms with van der Waals surface area (Å²) in [7, 11) is 0. The molecule has 0 N–H and O–H groups in total. The fourth-order valence-electron chi connectivity index (χ4n) is 8.78. The SMILES string of the molecule is N#Cc1cccc(N2c3c(-c4ccccc4-c4ccccc4-c4cccc5c6ccccc6n(-c6ccccc6C#N)c45)cccc3C3C=CC=CC32)c1. The van der Waals surface area contributed by atoms with Crippen molar-refractivity contribution in [2.75, 3.05) is 4.90 Å². The van der Waals surface area contributed by atoms with Crippen LogP contribution in [0.15, 0.2) is 182 Å². The number of fused-ring (bicyclic) bond motifs is 6. The van der Waals surface area contributed by atoms with Crippen molar-refractivity contribution in [3.05, 3.63) is 199 Å². The minimum atomic E-state index is 0.0929. The van der Waals surface area contributed by atoms with Gasteiger partial charge in [0.05, 0.1) is 45.6 Å². The Morgan fingerprint density at radius 2 is 1.11 bits per heavy atom. The Morgan fingerprint density at radius 1 is 0.500 bits per heavy atom. The van der Waals surface area contributed by atoms with Crippen molar-refractivity contribution in [1.82, 2.24) is 4.57 Å². The topological polar surface area (TPSA) is 55.8 Å². The molecule has 1 aromatic heterocycles. The molecule has 0 saturated heterocycles. The second-order valence-electron chi connectivity index (χ2n) is 13.8. The van der Waals surface area contributed by atoms with Gasteiger partial charge in [0.25, 0.3) is 0 Å². The number of para-hydroxylation sites is 4. The first-order valence-electron chi connectivity index (χ1n) is 18.2. The van der Waals surface area contributed by atoms with Gasteiger partial charge in [0.2, 0.25) is 0 Å². The third-order valence-electron chi connectivity index (χ3n) is 11.0. The standard InChI is InChI=1S/C50H32N4/c51-31-33-14-11-16-35(30-33)53-47-28-9-6-21-40(47)44-25-12-23-42(49(44)53)38-19-4-2-17-36(38)37-18-3-5-20-39(37)43-24-13-26-45-41-22-7-10-29-48(41)54(50(43)45)46-27-8-1-15-34(46)32-52/h1-30,40,47H. The van der Waals surface area contributed by atoms with Gasteiger partial charge >= 0.3 is 0 Å². The molecule has 0 radical (unpaired) electrons. The first-order chi connectivity index (χ1) is 26.7. The summed E-state index contributed by atoms with van der Waals surface area (Å²) in [6.07, 6.45) is 8.85. The predicted molar refractivity (Wildman–Crippen MR) is 220 cm³/mol. The second kappa shape index (κ2) is 12.7. The van der Waals surface area contributed by atoms with Crippen LogP contribution in [0.4, 0.5) is 11.4 Å². The zero-order valence-corrected chi connectivity index (χ0v) is 29.3. The van der Waals surface area contributed by atoms with Crippen molar-refractivity contribution in [1.29, 1.82) is 10.5 Å². The molecule has 4 heteroatoms. The molecule has 0 spiro atoms. The number of benzene rings is 7. The van der Waals surface area contributed by atoms with E-state index in [1.807, 2.05) is 42.5 Å². The highest BCUT2D eigenvalue weighted by Gasteiger charge is 2.39. The summed E-state index contributed by atoms with van der Waals surface area (Å²) in [5.74, 6) is 0.186. The molecule has 1 aliphatic carbocycles. The van der Waals surface area contributed by atoms with Crippen LogP contribution in [0.1, 0.15) is 22.6 Å². The quantitative estimate of drug-likeness (QED) is 0.181. The van der Waals surface area contributed by atoms with Crippen molar-refractivity contribution < 1.29 is 0 Å². The summed E-state index contributed by atoms with van der Waals surface area (Å²) < 4.78 is 2.27. The molecular weight excluding hydrogens is 657 g/mol. The first-order valence-corrected chi connectivity index (χ1v) is 18.2. The number of hydrogen-bond acceptors (Lipinski definition) is 3. The number of hydrogen-bond donors (Lipinski definition) is 0. The maximum Gasteiger partial charge on any atom is 0.101 e.